The first-order valence-corrected chi connectivity index (χ1v) is 6.26. The Kier molecular flexibility index (Phi) is 4.12. The van der Waals surface area contributed by atoms with E-state index in [-0.39, 0.29) is 11.8 Å². The molecule has 0 saturated heterocycles. The average Bonchev–Trinajstić information content (AvgIpc) is 2.84. The average molecular weight is 261 g/mol. The fourth-order valence-corrected chi connectivity index (χ4v) is 1.92. The van der Waals surface area contributed by atoms with Crippen molar-refractivity contribution in [3.05, 3.63) is 47.4 Å². The number of ether oxygens (including phenoxy) is 1. The molecule has 4 heteroatoms. The summed E-state index contributed by atoms with van der Waals surface area (Å²) >= 11 is 0. The maximum atomic E-state index is 9.99. The zero-order chi connectivity index (χ0) is 13.8. The summed E-state index contributed by atoms with van der Waals surface area (Å²) in [5.41, 5.74) is 0.800. The number of phenols is 1. The molecule has 1 aromatic heterocycles. The van der Waals surface area contributed by atoms with Crippen LogP contribution in [0, 0.1) is 6.92 Å². The molecular formula is C15H19NO3. The van der Waals surface area contributed by atoms with Crippen LogP contribution >= 0.6 is 0 Å². The molecule has 19 heavy (non-hydrogen) atoms. The number of aromatic hydroxyl groups is 1. The van der Waals surface area contributed by atoms with Crippen LogP contribution in [-0.4, -0.2) is 12.2 Å². The van der Waals surface area contributed by atoms with Crippen LogP contribution in [0.1, 0.15) is 30.0 Å². The van der Waals surface area contributed by atoms with Crippen molar-refractivity contribution in [1.82, 2.24) is 5.32 Å². The van der Waals surface area contributed by atoms with Crippen LogP contribution in [0.15, 0.2) is 34.7 Å². The molecule has 1 aromatic carbocycles. The Hall–Kier alpha value is -1.94. The number of aryl methyl sites for hydroxylation is 1. The van der Waals surface area contributed by atoms with Crippen molar-refractivity contribution < 1.29 is 14.3 Å². The van der Waals surface area contributed by atoms with E-state index in [4.69, 9.17) is 9.15 Å². The number of methoxy groups -OCH3 is 1. The molecule has 0 aliphatic carbocycles. The Morgan fingerprint density at radius 3 is 2.74 bits per heavy atom. The van der Waals surface area contributed by atoms with Gasteiger partial charge in [-0.3, -0.25) is 0 Å². The van der Waals surface area contributed by atoms with Gasteiger partial charge in [0.2, 0.25) is 0 Å². The maximum absolute atomic E-state index is 9.99. The van der Waals surface area contributed by atoms with Gasteiger partial charge in [-0.2, -0.15) is 0 Å². The lowest BCUT2D eigenvalue weighted by Gasteiger charge is -2.13. The molecule has 1 unspecified atom stereocenters. The molecule has 0 bridgehead atoms. The summed E-state index contributed by atoms with van der Waals surface area (Å²) in [4.78, 5) is 0. The normalized spacial score (nSPS) is 12.4. The Bertz CT molecular complexity index is 548. The van der Waals surface area contributed by atoms with E-state index in [1.807, 2.05) is 38.1 Å². The van der Waals surface area contributed by atoms with Gasteiger partial charge in [-0.15, -0.1) is 0 Å². The van der Waals surface area contributed by atoms with Gasteiger partial charge in [-0.05, 0) is 32.0 Å². The van der Waals surface area contributed by atoms with E-state index in [2.05, 4.69) is 5.32 Å². The first-order chi connectivity index (χ1) is 9.11. The van der Waals surface area contributed by atoms with Gasteiger partial charge in [-0.1, -0.05) is 12.1 Å². The molecule has 102 valence electrons. The van der Waals surface area contributed by atoms with E-state index in [1.165, 1.54) is 0 Å². The van der Waals surface area contributed by atoms with Crippen LogP contribution in [0.5, 0.6) is 11.5 Å². The number of hydrogen-bond acceptors (Lipinski definition) is 4. The van der Waals surface area contributed by atoms with Gasteiger partial charge >= 0.3 is 0 Å². The number of para-hydroxylation sites is 1. The number of benzene rings is 1. The summed E-state index contributed by atoms with van der Waals surface area (Å²) < 4.78 is 10.6. The third kappa shape index (κ3) is 3.09. The van der Waals surface area contributed by atoms with E-state index in [0.717, 1.165) is 17.1 Å². The highest BCUT2D eigenvalue weighted by Gasteiger charge is 2.11. The summed E-state index contributed by atoms with van der Waals surface area (Å²) in [7, 11) is 1.54. The Balaban J connectivity index is 2.02. The lowest BCUT2D eigenvalue weighted by Crippen LogP contribution is -2.17. The minimum atomic E-state index is 0.0827. The van der Waals surface area contributed by atoms with E-state index >= 15 is 0 Å². The first kappa shape index (κ1) is 13.5. The van der Waals surface area contributed by atoms with Crippen molar-refractivity contribution >= 4 is 0 Å². The third-order valence-corrected chi connectivity index (χ3v) is 3.09. The predicted molar refractivity (Wildman–Crippen MR) is 73.4 cm³/mol. The Morgan fingerprint density at radius 2 is 2.11 bits per heavy atom. The van der Waals surface area contributed by atoms with Gasteiger partial charge in [0, 0.05) is 12.1 Å². The van der Waals surface area contributed by atoms with Crippen LogP contribution in [0.3, 0.4) is 0 Å². The minimum Gasteiger partial charge on any atom is -0.504 e. The second-order valence-electron chi connectivity index (χ2n) is 4.52. The highest BCUT2D eigenvalue weighted by molar-refractivity contribution is 5.45. The van der Waals surface area contributed by atoms with Crippen molar-refractivity contribution in [2.24, 2.45) is 0 Å². The molecule has 0 aliphatic heterocycles. The van der Waals surface area contributed by atoms with Crippen molar-refractivity contribution in [3.63, 3.8) is 0 Å². The summed E-state index contributed by atoms with van der Waals surface area (Å²) in [5.74, 6) is 2.45. The van der Waals surface area contributed by atoms with Crippen molar-refractivity contribution in [2.75, 3.05) is 7.11 Å². The molecule has 1 heterocycles. The topological polar surface area (TPSA) is 54.6 Å². The number of furan rings is 1. The zero-order valence-electron chi connectivity index (χ0n) is 11.4. The molecule has 0 amide bonds. The molecule has 0 saturated carbocycles. The highest BCUT2D eigenvalue weighted by atomic mass is 16.5. The molecule has 0 fully saturated rings. The standard InChI is InChI=1S/C15H19NO3/c1-10-7-8-13(19-10)11(2)16-9-12-5-4-6-14(18-3)15(12)17/h4-8,11,16-17H,9H2,1-3H3. The van der Waals surface area contributed by atoms with Crippen LogP contribution in [-0.2, 0) is 6.54 Å². The smallest absolute Gasteiger partial charge is 0.162 e. The van der Waals surface area contributed by atoms with E-state index in [9.17, 15) is 5.11 Å². The summed E-state index contributed by atoms with van der Waals surface area (Å²) in [5, 5.41) is 13.3. The SMILES string of the molecule is COc1cccc(CNC(C)c2ccc(C)o2)c1O. The number of phenolic OH excluding ortho intramolecular Hbond substituents is 1. The highest BCUT2D eigenvalue weighted by Crippen LogP contribution is 2.29. The molecule has 0 aliphatic rings. The fraction of sp³-hybridized carbons (Fsp3) is 0.333. The Morgan fingerprint density at radius 1 is 1.32 bits per heavy atom. The summed E-state index contributed by atoms with van der Waals surface area (Å²) in [6, 6.07) is 9.44. The quantitative estimate of drug-likeness (QED) is 0.868. The van der Waals surface area contributed by atoms with Crippen molar-refractivity contribution in [1.29, 1.82) is 0 Å². The first-order valence-electron chi connectivity index (χ1n) is 6.26. The lowest BCUT2D eigenvalue weighted by atomic mass is 10.1. The van der Waals surface area contributed by atoms with Crippen LogP contribution in [0.2, 0.25) is 0 Å². The molecule has 0 radical (unpaired) electrons. The zero-order valence-corrected chi connectivity index (χ0v) is 11.4. The fourth-order valence-electron chi connectivity index (χ4n) is 1.92. The van der Waals surface area contributed by atoms with Crippen LogP contribution < -0.4 is 10.1 Å². The van der Waals surface area contributed by atoms with Gasteiger partial charge in [-0.25, -0.2) is 0 Å². The van der Waals surface area contributed by atoms with Gasteiger partial charge in [0.1, 0.15) is 11.5 Å². The van der Waals surface area contributed by atoms with Gasteiger partial charge in [0.05, 0.1) is 13.2 Å². The second kappa shape index (κ2) is 5.80. The molecule has 2 aromatic rings. The molecule has 2 N–H and O–H groups in total. The van der Waals surface area contributed by atoms with E-state index in [0.29, 0.717) is 12.3 Å². The van der Waals surface area contributed by atoms with Crippen molar-refractivity contribution in [2.45, 2.75) is 26.4 Å². The summed E-state index contributed by atoms with van der Waals surface area (Å²) in [6.45, 7) is 4.49. The van der Waals surface area contributed by atoms with Gasteiger partial charge in [0.25, 0.3) is 0 Å². The van der Waals surface area contributed by atoms with E-state index < -0.39 is 0 Å². The van der Waals surface area contributed by atoms with Crippen molar-refractivity contribution in [3.8, 4) is 11.5 Å². The number of nitrogens with one attached hydrogen (secondary N) is 1. The molecule has 4 nitrogen and oxygen atoms in total. The minimum absolute atomic E-state index is 0.0827. The lowest BCUT2D eigenvalue weighted by molar-refractivity contribution is 0.367. The second-order valence-corrected chi connectivity index (χ2v) is 4.52. The van der Waals surface area contributed by atoms with Crippen LogP contribution in [0.25, 0.3) is 0 Å². The molecular weight excluding hydrogens is 242 g/mol. The monoisotopic (exact) mass is 261 g/mol. The van der Waals surface area contributed by atoms with E-state index in [1.54, 1.807) is 13.2 Å². The largest absolute Gasteiger partial charge is 0.504 e. The third-order valence-electron chi connectivity index (χ3n) is 3.09. The molecule has 2 rings (SSSR count). The van der Waals surface area contributed by atoms with Crippen LogP contribution in [0.4, 0.5) is 0 Å². The number of rotatable bonds is 5. The van der Waals surface area contributed by atoms with Gasteiger partial charge < -0.3 is 19.6 Å². The number of hydrogen-bond donors (Lipinski definition) is 2. The Labute approximate surface area is 113 Å². The molecule has 0 spiro atoms. The van der Waals surface area contributed by atoms with Gasteiger partial charge in [0.15, 0.2) is 11.5 Å². The molecule has 1 atom stereocenters. The predicted octanol–water partition coefficient (Wildman–Crippen LogP) is 3.15. The summed E-state index contributed by atoms with van der Waals surface area (Å²) in [6.07, 6.45) is 0. The maximum Gasteiger partial charge on any atom is 0.162 e.